The minimum absolute atomic E-state index is 0.124. The van der Waals surface area contributed by atoms with Gasteiger partial charge < -0.3 is 57.3 Å². The van der Waals surface area contributed by atoms with Crippen LogP contribution in [0.2, 0.25) is 5.02 Å². The summed E-state index contributed by atoms with van der Waals surface area (Å²) in [5, 5.41) is 46.1. The summed E-state index contributed by atoms with van der Waals surface area (Å²) in [6.45, 7) is 13.0. The normalized spacial score (nSPS) is 10.8. The molecule has 0 saturated carbocycles. The van der Waals surface area contributed by atoms with E-state index in [0.29, 0.717) is 117 Å². The number of benzene rings is 14. The minimum Gasteiger partial charge on any atom is -0.497 e. The zero-order valence-corrected chi connectivity index (χ0v) is 84.0. The van der Waals surface area contributed by atoms with Crippen LogP contribution in [-0.2, 0) is 6.18 Å². The molecule has 19 aromatic rings. The topological polar surface area (TPSA) is 335 Å². The van der Waals surface area contributed by atoms with Crippen molar-refractivity contribution in [3.63, 3.8) is 0 Å². The standard InChI is InChI=1S/C32H28N4O3.C31H26N4O3.C29H24N4O2S.C26H21ClF3N5O2/c1-21-9-11-24(12-10-21)32(38)34-28-20-26(33-31(37)25-13-16-27(39-3)17-14-25)15-18-29(28)36-30(19-22(2)35-36)23-7-5-4-6-8-23;1-21-19-29(22-9-5-3-6-10-22)35(34-21)28-18-15-25(32-30(36)24-13-16-26(38-2)17-14-24)20-27(28)33-31(37)23-11-7-4-8-12-23;1-19-8-6-11-22(16-19)28(34)31-24-18-23(30-29(35)27-12-7-15-36-27)13-14-25(24)33-26(17-20(2)32-33)21-9-4-3-5-10-21;1-15-4-3-5-19(12-15)32-25(37)33-21-14-20(31-24(36)17-6-8-18(27)9-7-17)10-11-22(21)35-16(2)13-23(34-35)26(28,29)30/h4-20H,1-3H3,(H,33,37)(H,34,38);3-20H,1-2H3,(H,32,36)(H,33,37);3-18H,1-2H3,(H,30,35)(H,31,34);3-14H,1-2H3,(H,31,36)(H2,32,33,37). The lowest BCUT2D eigenvalue weighted by Gasteiger charge is -2.16. The summed E-state index contributed by atoms with van der Waals surface area (Å²) in [6.07, 6.45) is -4.64. The molecule has 9 amide bonds. The van der Waals surface area contributed by atoms with Crippen molar-refractivity contribution in [2.45, 2.75) is 54.6 Å². The first-order chi connectivity index (χ1) is 72.4. The molecule has 0 radical (unpaired) electrons. The molecule has 0 aliphatic heterocycles. The quantitative estimate of drug-likeness (QED) is 0.0257. The Labute approximate surface area is 870 Å². The van der Waals surface area contributed by atoms with Gasteiger partial charge >= 0.3 is 12.2 Å². The highest BCUT2D eigenvalue weighted by Gasteiger charge is 2.35. The molecule has 0 atom stereocenters. The highest BCUT2D eigenvalue weighted by Crippen LogP contribution is 2.38. The molecule has 0 aliphatic rings. The van der Waals surface area contributed by atoms with Gasteiger partial charge in [0, 0.05) is 89.2 Å². The number of thiophene rings is 1. The molecule has 27 nitrogen and oxygen atoms in total. The Bertz CT molecular complexity index is 8110. The second-order valence-corrected chi connectivity index (χ2v) is 35.9. The Morgan fingerprint density at radius 2 is 0.620 bits per heavy atom. The van der Waals surface area contributed by atoms with Crippen molar-refractivity contribution < 1.29 is 61.0 Å². The van der Waals surface area contributed by atoms with E-state index in [1.54, 1.807) is 177 Å². The van der Waals surface area contributed by atoms with E-state index in [4.69, 9.17) is 36.4 Å². The number of ether oxygens (including phenoxy) is 2. The first kappa shape index (κ1) is 104. The fraction of sp³-hybridized carbons (Fsp3) is 0.0847. The second-order valence-electron chi connectivity index (χ2n) is 34.5. The number of nitrogens with one attached hydrogen (secondary N) is 9. The van der Waals surface area contributed by atoms with Gasteiger partial charge in [0.1, 0.15) is 11.5 Å². The van der Waals surface area contributed by atoms with Gasteiger partial charge in [0.15, 0.2) is 5.69 Å². The zero-order valence-electron chi connectivity index (χ0n) is 82.5. The summed E-state index contributed by atoms with van der Waals surface area (Å²) in [6, 6.07) is 111. The van der Waals surface area contributed by atoms with Crippen molar-refractivity contribution in [1.82, 2.24) is 39.1 Å². The molecule has 0 spiro atoms. The van der Waals surface area contributed by atoms with Crippen molar-refractivity contribution in [3.05, 3.63) is 470 Å². The number of alkyl halides is 3. The number of aromatic nitrogens is 8. The van der Waals surface area contributed by atoms with Crippen LogP contribution in [0, 0.1) is 48.5 Å². The smallest absolute Gasteiger partial charge is 0.435 e. The van der Waals surface area contributed by atoms with E-state index in [2.05, 4.69) is 52.9 Å². The van der Waals surface area contributed by atoms with E-state index >= 15 is 0 Å². The van der Waals surface area contributed by atoms with Crippen molar-refractivity contribution in [2.24, 2.45) is 0 Å². The average Bonchev–Trinajstić information content (AvgIpc) is 1.71. The third-order valence-electron chi connectivity index (χ3n) is 23.3. The summed E-state index contributed by atoms with van der Waals surface area (Å²) in [4.78, 5) is 104. The van der Waals surface area contributed by atoms with Gasteiger partial charge in [-0.3, -0.25) is 33.6 Å². The number of hydrogen-bond donors (Lipinski definition) is 9. The SMILES string of the molecule is COc1ccc(C(=O)Nc2ccc(-n3nc(C)cc3-c3ccccc3)c(NC(=O)c3ccc(C)cc3)c2)cc1.COc1ccc(C(=O)Nc2ccc(-n3nc(C)cc3-c3ccccc3)c(NC(=O)c3ccccc3)c2)cc1.Cc1cccc(C(=O)Nc2cc(NC(=O)c3cccs3)ccc2-n2nc(C)cc2-c2ccccc2)c1.Cc1cccc(NC(=O)Nc2cc(NC(=O)c3ccc(Cl)cc3)ccc2-n2nc(C(F)(F)F)cc2C)c1. The fourth-order valence-corrected chi connectivity index (χ4v) is 16.7. The molecular formula is C118H99ClF3N17O10S. The van der Waals surface area contributed by atoms with Crippen LogP contribution in [0.1, 0.15) is 117 Å². The third-order valence-corrected chi connectivity index (χ3v) is 24.4. The Morgan fingerprint density at radius 1 is 0.287 bits per heavy atom. The Morgan fingerprint density at radius 3 is 0.993 bits per heavy atom. The van der Waals surface area contributed by atoms with Crippen LogP contribution in [0.25, 0.3) is 56.5 Å². The number of carbonyl (C=O) groups is 8. The van der Waals surface area contributed by atoms with E-state index < -0.39 is 23.8 Å². The molecule has 0 unspecified atom stereocenters. The molecular weight excluding hydrogens is 1940 g/mol. The largest absolute Gasteiger partial charge is 0.497 e. The number of anilines is 9. The number of urea groups is 1. The second kappa shape index (κ2) is 47.6. The number of nitrogens with zero attached hydrogens (tertiary/aromatic N) is 8. The van der Waals surface area contributed by atoms with Crippen molar-refractivity contribution in [2.75, 3.05) is 62.1 Å². The first-order valence-electron chi connectivity index (χ1n) is 47.1. The number of methoxy groups -OCH3 is 2. The number of hydrogen-bond acceptors (Lipinski definition) is 15. The van der Waals surface area contributed by atoms with Crippen LogP contribution in [-0.4, -0.2) is 101 Å². The van der Waals surface area contributed by atoms with Gasteiger partial charge in [-0.05, 0) is 284 Å². The van der Waals surface area contributed by atoms with Gasteiger partial charge in [-0.1, -0.05) is 174 Å². The van der Waals surface area contributed by atoms with Crippen molar-refractivity contribution >= 4 is 122 Å². The van der Waals surface area contributed by atoms with Crippen LogP contribution in [0.5, 0.6) is 11.5 Å². The molecule has 5 heterocycles. The van der Waals surface area contributed by atoms with Crippen LogP contribution >= 0.6 is 22.9 Å². The molecule has 0 aliphatic carbocycles. The molecule has 0 saturated heterocycles. The van der Waals surface area contributed by atoms with E-state index in [0.717, 1.165) is 78.3 Å². The molecule has 19 rings (SSSR count). The lowest BCUT2D eigenvalue weighted by Crippen LogP contribution is -2.21. The van der Waals surface area contributed by atoms with Crippen molar-refractivity contribution in [3.8, 4) is 68.0 Å². The maximum atomic E-state index is 13.3. The molecule has 14 aromatic carbocycles. The van der Waals surface area contributed by atoms with Crippen LogP contribution in [0.15, 0.2) is 381 Å². The minimum atomic E-state index is -4.64. The highest BCUT2D eigenvalue weighted by molar-refractivity contribution is 7.12. The predicted molar refractivity (Wildman–Crippen MR) is 585 cm³/mol. The lowest BCUT2D eigenvalue weighted by atomic mass is 10.1. The summed E-state index contributed by atoms with van der Waals surface area (Å²) in [5.41, 5.74) is 19.5. The van der Waals surface area contributed by atoms with Gasteiger partial charge in [0.05, 0.1) is 98.8 Å². The molecule has 5 aromatic heterocycles. The number of rotatable bonds is 25. The van der Waals surface area contributed by atoms with Crippen LogP contribution in [0.3, 0.4) is 0 Å². The van der Waals surface area contributed by atoms with E-state index in [1.165, 1.54) is 36.5 Å². The van der Waals surface area contributed by atoms with E-state index in [9.17, 15) is 51.5 Å². The zero-order chi connectivity index (χ0) is 106. The number of amides is 9. The lowest BCUT2D eigenvalue weighted by molar-refractivity contribution is -0.141. The molecule has 150 heavy (non-hydrogen) atoms. The molecule has 32 heteroatoms. The Kier molecular flexibility index (Phi) is 32.9. The molecule has 9 N–H and O–H groups in total. The Balaban J connectivity index is 0.000000142. The predicted octanol–water partition coefficient (Wildman–Crippen LogP) is 26.8. The molecule has 0 bridgehead atoms. The summed E-state index contributed by atoms with van der Waals surface area (Å²) in [7, 11) is 3.15. The number of aryl methyl sites for hydroxylation is 7. The summed E-state index contributed by atoms with van der Waals surface area (Å²) < 4.78 is 56.7. The molecule has 750 valence electrons. The first-order valence-corrected chi connectivity index (χ1v) is 48.3. The van der Waals surface area contributed by atoms with E-state index in [1.807, 2.05) is 250 Å². The summed E-state index contributed by atoms with van der Waals surface area (Å²) in [5.74, 6) is -0.631. The third kappa shape index (κ3) is 26.5. The van der Waals surface area contributed by atoms with Gasteiger partial charge in [0.2, 0.25) is 0 Å². The maximum absolute atomic E-state index is 13.3. The van der Waals surface area contributed by atoms with Crippen LogP contribution < -0.4 is 57.3 Å². The average molecular weight is 2040 g/mol. The number of halogens is 4. The van der Waals surface area contributed by atoms with Gasteiger partial charge in [-0.15, -0.1) is 11.3 Å². The fourth-order valence-electron chi connectivity index (χ4n) is 15.9. The number of carbonyl (C=O) groups excluding carboxylic acids is 8. The monoisotopic (exact) mass is 2040 g/mol. The van der Waals surface area contributed by atoms with Gasteiger partial charge in [-0.25, -0.2) is 23.5 Å². The van der Waals surface area contributed by atoms with Crippen LogP contribution in [0.4, 0.5) is 69.2 Å². The van der Waals surface area contributed by atoms with Crippen molar-refractivity contribution in [1.29, 1.82) is 0 Å². The van der Waals surface area contributed by atoms with Gasteiger partial charge in [-0.2, -0.15) is 33.6 Å². The molecule has 0 fully saturated rings. The maximum Gasteiger partial charge on any atom is 0.435 e. The summed E-state index contributed by atoms with van der Waals surface area (Å²) >= 11 is 7.24. The van der Waals surface area contributed by atoms with Gasteiger partial charge in [0.25, 0.3) is 41.4 Å². The Hall–Kier alpha value is -19.1. The highest BCUT2D eigenvalue weighted by atomic mass is 35.5. The van der Waals surface area contributed by atoms with E-state index in [-0.39, 0.29) is 52.5 Å².